The minimum atomic E-state index is 0.791. The van der Waals surface area contributed by atoms with Crippen molar-refractivity contribution in [3.63, 3.8) is 0 Å². The van der Waals surface area contributed by atoms with E-state index in [2.05, 4.69) is 37.9 Å². The molecule has 2 nitrogen and oxygen atoms in total. The van der Waals surface area contributed by atoms with Crippen LogP contribution in [0.1, 0.15) is 27.7 Å². The second-order valence-corrected chi connectivity index (χ2v) is 5.05. The van der Waals surface area contributed by atoms with Gasteiger partial charge in [0.15, 0.2) is 0 Å². The molecule has 0 amide bonds. The lowest BCUT2D eigenvalue weighted by Gasteiger charge is -2.40. The summed E-state index contributed by atoms with van der Waals surface area (Å²) < 4.78 is 0. The molecule has 0 unspecified atom stereocenters. The summed E-state index contributed by atoms with van der Waals surface area (Å²) in [4.78, 5) is 2.64. The average molecular weight is 184 g/mol. The van der Waals surface area contributed by atoms with Gasteiger partial charge in [-0.2, -0.15) is 0 Å². The Morgan fingerprint density at radius 3 is 1.77 bits per heavy atom. The fraction of sp³-hybridized carbons (Fsp3) is 1.00. The van der Waals surface area contributed by atoms with Gasteiger partial charge in [0.25, 0.3) is 0 Å². The van der Waals surface area contributed by atoms with Crippen LogP contribution in [-0.4, -0.2) is 37.1 Å². The summed E-state index contributed by atoms with van der Waals surface area (Å²) >= 11 is 0. The lowest BCUT2D eigenvalue weighted by Crippen LogP contribution is -2.58. The van der Waals surface area contributed by atoms with E-state index >= 15 is 0 Å². The first-order valence-corrected chi connectivity index (χ1v) is 5.54. The molecule has 0 radical (unpaired) electrons. The van der Waals surface area contributed by atoms with Gasteiger partial charge in [0.1, 0.15) is 0 Å². The monoisotopic (exact) mass is 184 g/mol. The van der Waals surface area contributed by atoms with Gasteiger partial charge in [0.05, 0.1) is 0 Å². The Hall–Kier alpha value is -0.0800. The van der Waals surface area contributed by atoms with Gasteiger partial charge in [-0.05, 0) is 11.8 Å². The van der Waals surface area contributed by atoms with Gasteiger partial charge in [-0.15, -0.1) is 0 Å². The molecule has 0 aromatic heterocycles. The number of hydrogen-bond acceptors (Lipinski definition) is 2. The molecule has 0 spiro atoms. The van der Waals surface area contributed by atoms with Crippen molar-refractivity contribution in [2.75, 3.05) is 26.2 Å². The average Bonchev–Trinajstić information content (AvgIpc) is 1.78. The molecule has 2 heteroatoms. The van der Waals surface area contributed by atoms with E-state index in [9.17, 15) is 0 Å². The van der Waals surface area contributed by atoms with Gasteiger partial charge in [-0.1, -0.05) is 27.7 Å². The van der Waals surface area contributed by atoms with Gasteiger partial charge in [0, 0.05) is 32.2 Å². The minimum Gasteiger partial charge on any atom is -0.314 e. The van der Waals surface area contributed by atoms with E-state index in [-0.39, 0.29) is 0 Å². The topological polar surface area (TPSA) is 15.3 Å². The van der Waals surface area contributed by atoms with Crippen molar-refractivity contribution in [1.29, 1.82) is 0 Å². The summed E-state index contributed by atoms with van der Waals surface area (Å²) in [6.07, 6.45) is 0. The fourth-order valence-corrected chi connectivity index (χ4v) is 1.84. The number of nitrogens with one attached hydrogen (secondary N) is 1. The largest absolute Gasteiger partial charge is 0.314 e. The molecule has 1 aliphatic heterocycles. The third kappa shape index (κ3) is 3.65. The van der Waals surface area contributed by atoms with Crippen LogP contribution in [0.5, 0.6) is 0 Å². The fourth-order valence-electron chi connectivity index (χ4n) is 1.84. The van der Waals surface area contributed by atoms with E-state index in [1.807, 2.05) is 0 Å². The Kier molecular flexibility index (Phi) is 4.20. The molecule has 0 bridgehead atoms. The summed E-state index contributed by atoms with van der Waals surface area (Å²) in [5, 5.41) is 3.35. The highest BCUT2D eigenvalue weighted by atomic mass is 15.2. The molecule has 1 aliphatic rings. The van der Waals surface area contributed by atoms with Gasteiger partial charge < -0.3 is 5.32 Å². The minimum absolute atomic E-state index is 0.791. The van der Waals surface area contributed by atoms with Gasteiger partial charge in [-0.25, -0.2) is 0 Å². The molecule has 1 N–H and O–H groups in total. The van der Waals surface area contributed by atoms with Crippen LogP contribution in [0.4, 0.5) is 0 Å². The van der Waals surface area contributed by atoms with Crippen molar-refractivity contribution < 1.29 is 0 Å². The Balaban J connectivity index is 2.33. The zero-order valence-corrected chi connectivity index (χ0v) is 9.51. The lowest BCUT2D eigenvalue weighted by atomic mass is 10.1. The quantitative estimate of drug-likeness (QED) is 0.698. The third-order valence-corrected chi connectivity index (χ3v) is 2.48. The second kappa shape index (κ2) is 4.97. The molecule has 13 heavy (non-hydrogen) atoms. The molecule has 1 heterocycles. The maximum atomic E-state index is 3.35. The Labute approximate surface area is 82.7 Å². The molecule has 1 fully saturated rings. The Morgan fingerprint density at radius 2 is 1.54 bits per heavy atom. The number of nitrogens with zero attached hydrogens (tertiary/aromatic N) is 1. The Morgan fingerprint density at radius 1 is 1.08 bits per heavy atom. The lowest BCUT2D eigenvalue weighted by molar-refractivity contribution is 0.116. The third-order valence-electron chi connectivity index (χ3n) is 2.48. The summed E-state index contributed by atoms with van der Waals surface area (Å²) in [6, 6.07) is 0.810. The summed E-state index contributed by atoms with van der Waals surface area (Å²) in [5.74, 6) is 1.58. The molecule has 1 rings (SSSR count). The molecule has 1 saturated heterocycles. The van der Waals surface area contributed by atoms with Crippen LogP contribution in [0, 0.1) is 11.8 Å². The van der Waals surface area contributed by atoms with Crippen molar-refractivity contribution in [2.24, 2.45) is 11.8 Å². The van der Waals surface area contributed by atoms with E-state index in [1.54, 1.807) is 0 Å². The Bertz CT molecular complexity index is 129. The number of hydrogen-bond donors (Lipinski definition) is 1. The second-order valence-electron chi connectivity index (χ2n) is 5.05. The highest BCUT2D eigenvalue weighted by Crippen LogP contribution is 2.11. The molecular formula is C11H24N2. The maximum Gasteiger partial charge on any atom is 0.0345 e. The van der Waals surface area contributed by atoms with Crippen LogP contribution in [0.2, 0.25) is 0 Å². The zero-order valence-electron chi connectivity index (χ0n) is 9.51. The van der Waals surface area contributed by atoms with E-state index in [4.69, 9.17) is 0 Å². The van der Waals surface area contributed by atoms with Crippen LogP contribution in [0.15, 0.2) is 0 Å². The first-order chi connectivity index (χ1) is 6.09. The summed E-state index contributed by atoms with van der Waals surface area (Å²) in [7, 11) is 0. The van der Waals surface area contributed by atoms with E-state index < -0.39 is 0 Å². The molecule has 0 atom stereocenters. The maximum absolute atomic E-state index is 3.35. The van der Waals surface area contributed by atoms with Gasteiger partial charge in [0.2, 0.25) is 0 Å². The summed E-state index contributed by atoms with van der Waals surface area (Å²) in [5.41, 5.74) is 0. The van der Waals surface area contributed by atoms with E-state index in [0.29, 0.717) is 0 Å². The predicted molar refractivity (Wildman–Crippen MR) is 57.9 cm³/mol. The first-order valence-electron chi connectivity index (χ1n) is 5.54. The number of rotatable bonds is 5. The van der Waals surface area contributed by atoms with Crippen molar-refractivity contribution in [3.8, 4) is 0 Å². The molecule has 0 saturated carbocycles. The van der Waals surface area contributed by atoms with Crippen molar-refractivity contribution in [3.05, 3.63) is 0 Å². The van der Waals surface area contributed by atoms with Crippen LogP contribution >= 0.6 is 0 Å². The van der Waals surface area contributed by atoms with E-state index in [0.717, 1.165) is 17.9 Å². The highest BCUT2D eigenvalue weighted by Gasteiger charge is 2.24. The van der Waals surface area contributed by atoms with Crippen molar-refractivity contribution >= 4 is 0 Å². The van der Waals surface area contributed by atoms with Crippen LogP contribution in [0.25, 0.3) is 0 Å². The van der Waals surface area contributed by atoms with Crippen LogP contribution < -0.4 is 5.32 Å². The van der Waals surface area contributed by atoms with Gasteiger partial charge >= 0.3 is 0 Å². The molecular weight excluding hydrogens is 160 g/mol. The predicted octanol–water partition coefficient (Wildman–Crippen LogP) is 1.57. The van der Waals surface area contributed by atoms with Gasteiger partial charge in [-0.3, -0.25) is 4.90 Å². The highest BCUT2D eigenvalue weighted by molar-refractivity contribution is 4.85. The smallest absolute Gasteiger partial charge is 0.0345 e. The van der Waals surface area contributed by atoms with E-state index in [1.165, 1.54) is 26.2 Å². The SMILES string of the molecule is CC(C)CN(CC(C)C)C1CNC1. The molecule has 0 aromatic rings. The summed E-state index contributed by atoms with van der Waals surface area (Å²) in [6.45, 7) is 14.1. The van der Waals surface area contributed by atoms with Crippen LogP contribution in [-0.2, 0) is 0 Å². The van der Waals surface area contributed by atoms with Crippen molar-refractivity contribution in [1.82, 2.24) is 10.2 Å². The van der Waals surface area contributed by atoms with Crippen molar-refractivity contribution in [2.45, 2.75) is 33.7 Å². The standard InChI is InChI=1S/C11H24N2/c1-9(2)7-13(8-10(3)4)11-5-12-6-11/h9-12H,5-8H2,1-4H3. The molecule has 0 aromatic carbocycles. The van der Waals surface area contributed by atoms with Crippen LogP contribution in [0.3, 0.4) is 0 Å². The normalized spacial score (nSPS) is 18.7. The first kappa shape index (κ1) is 11.0. The zero-order chi connectivity index (χ0) is 9.84. The molecule has 78 valence electrons. The molecule has 0 aliphatic carbocycles.